The van der Waals surface area contributed by atoms with Crippen molar-refractivity contribution in [1.29, 1.82) is 0 Å². The van der Waals surface area contributed by atoms with Gasteiger partial charge in [-0.15, -0.1) is 0 Å². The van der Waals surface area contributed by atoms with Gasteiger partial charge in [0, 0.05) is 22.3 Å². The molecule has 0 aliphatic carbocycles. The van der Waals surface area contributed by atoms with Crippen LogP contribution in [0.4, 0.5) is 0 Å². The van der Waals surface area contributed by atoms with Crippen molar-refractivity contribution in [2.75, 3.05) is 28.4 Å². The van der Waals surface area contributed by atoms with Crippen LogP contribution in [0.1, 0.15) is 16.9 Å². The van der Waals surface area contributed by atoms with Gasteiger partial charge >= 0.3 is 0 Å². The van der Waals surface area contributed by atoms with Crippen molar-refractivity contribution in [2.24, 2.45) is 9.98 Å². The third-order valence-electron chi connectivity index (χ3n) is 8.91. The van der Waals surface area contributed by atoms with Gasteiger partial charge in [0.25, 0.3) is 5.79 Å². The van der Waals surface area contributed by atoms with Crippen LogP contribution in [-0.2, 0) is 5.79 Å². The number of imidazole rings is 1. The summed E-state index contributed by atoms with van der Waals surface area (Å²) < 4.78 is 37.1. The molecule has 10 heteroatoms. The first kappa shape index (κ1) is 32.4. The Morgan fingerprint density at radius 1 is 0.519 bits per heavy atom. The van der Waals surface area contributed by atoms with Crippen molar-refractivity contribution in [3.05, 3.63) is 151 Å². The average molecular weight is 691 g/mol. The SMILES string of the molecule is COc1cccc(C2=NC(c3ccco3)(n3c(-c4ccco4)nc(-c4cccc(OC)c4)c3-c3cccc(OC)c3)N=C2c2cccc(OC)c2)c1. The molecular weight excluding hydrogens is 656 g/mol. The summed E-state index contributed by atoms with van der Waals surface area (Å²) in [6.07, 6.45) is 3.24. The van der Waals surface area contributed by atoms with E-state index in [0.717, 1.165) is 22.3 Å². The summed E-state index contributed by atoms with van der Waals surface area (Å²) in [5.74, 6) is 2.58. The number of aliphatic imine (C=N–C) groups is 2. The lowest BCUT2D eigenvalue weighted by molar-refractivity contribution is 0.317. The second-order valence-electron chi connectivity index (χ2n) is 11.9. The van der Waals surface area contributed by atoms with E-state index in [1.54, 1.807) is 41.0 Å². The molecule has 4 heterocycles. The minimum atomic E-state index is -1.56. The van der Waals surface area contributed by atoms with E-state index in [9.17, 15) is 0 Å². The first-order valence-corrected chi connectivity index (χ1v) is 16.5. The lowest BCUT2D eigenvalue weighted by Gasteiger charge is -2.27. The Balaban J connectivity index is 1.54. The molecule has 1 aliphatic rings. The van der Waals surface area contributed by atoms with Gasteiger partial charge in [0.15, 0.2) is 17.3 Å². The van der Waals surface area contributed by atoms with Gasteiger partial charge in [0.05, 0.1) is 63.8 Å². The number of ether oxygens (including phenoxy) is 4. The molecule has 0 fully saturated rings. The van der Waals surface area contributed by atoms with Crippen LogP contribution in [0.2, 0.25) is 0 Å². The maximum absolute atomic E-state index is 6.31. The molecule has 7 aromatic rings. The molecule has 0 radical (unpaired) electrons. The number of benzene rings is 4. The number of hydrogen-bond acceptors (Lipinski definition) is 9. The van der Waals surface area contributed by atoms with Gasteiger partial charge in [-0.05, 0) is 72.8 Å². The molecule has 1 aliphatic heterocycles. The first-order valence-electron chi connectivity index (χ1n) is 16.5. The molecule has 0 unspecified atom stereocenters. The molecule has 8 rings (SSSR count). The number of aromatic nitrogens is 2. The quantitative estimate of drug-likeness (QED) is 0.134. The van der Waals surface area contributed by atoms with Gasteiger partial charge in [-0.25, -0.2) is 15.0 Å². The van der Waals surface area contributed by atoms with Gasteiger partial charge in [0.2, 0.25) is 0 Å². The van der Waals surface area contributed by atoms with Crippen LogP contribution in [0.25, 0.3) is 34.1 Å². The Hall–Kier alpha value is -6.81. The number of methoxy groups -OCH3 is 4. The van der Waals surface area contributed by atoms with Gasteiger partial charge in [0.1, 0.15) is 23.0 Å². The van der Waals surface area contributed by atoms with Crippen molar-refractivity contribution in [3.63, 3.8) is 0 Å². The van der Waals surface area contributed by atoms with Crippen LogP contribution >= 0.6 is 0 Å². The summed E-state index contributed by atoms with van der Waals surface area (Å²) in [7, 11) is 6.57. The second kappa shape index (κ2) is 13.5. The van der Waals surface area contributed by atoms with Crippen molar-refractivity contribution in [1.82, 2.24) is 9.55 Å². The highest BCUT2D eigenvalue weighted by Crippen LogP contribution is 2.47. The van der Waals surface area contributed by atoms with E-state index in [-0.39, 0.29) is 0 Å². The van der Waals surface area contributed by atoms with Crippen LogP contribution in [0.5, 0.6) is 23.0 Å². The van der Waals surface area contributed by atoms with E-state index in [0.29, 0.717) is 63.2 Å². The van der Waals surface area contributed by atoms with E-state index in [2.05, 4.69) is 0 Å². The maximum Gasteiger partial charge on any atom is 0.295 e. The van der Waals surface area contributed by atoms with Crippen LogP contribution in [0, 0.1) is 0 Å². The second-order valence-corrected chi connectivity index (χ2v) is 11.9. The normalized spacial score (nSPS) is 13.4. The third kappa shape index (κ3) is 5.60. The largest absolute Gasteiger partial charge is 0.497 e. The molecule has 0 saturated heterocycles. The van der Waals surface area contributed by atoms with Crippen molar-refractivity contribution < 1.29 is 27.8 Å². The van der Waals surface area contributed by atoms with Gasteiger partial charge in [-0.1, -0.05) is 48.5 Å². The van der Waals surface area contributed by atoms with Crippen LogP contribution in [0.15, 0.2) is 153 Å². The summed E-state index contributed by atoms with van der Waals surface area (Å²) in [6.45, 7) is 0. The summed E-state index contributed by atoms with van der Waals surface area (Å²) >= 11 is 0. The highest BCUT2D eigenvalue weighted by molar-refractivity contribution is 6.54. The Labute approximate surface area is 300 Å². The molecule has 0 amide bonds. The summed E-state index contributed by atoms with van der Waals surface area (Å²) in [5, 5.41) is 0. The molecule has 52 heavy (non-hydrogen) atoms. The average Bonchev–Trinajstić information content (AvgIpc) is 4.04. The summed E-state index contributed by atoms with van der Waals surface area (Å²) in [6, 6.07) is 38.5. The number of hydrogen-bond donors (Lipinski definition) is 0. The van der Waals surface area contributed by atoms with E-state index in [1.165, 1.54) is 0 Å². The Kier molecular flexibility index (Phi) is 8.40. The predicted octanol–water partition coefficient (Wildman–Crippen LogP) is 8.76. The van der Waals surface area contributed by atoms with Gasteiger partial charge in [-0.2, -0.15) is 0 Å². The molecule has 3 aromatic heterocycles. The first-order chi connectivity index (χ1) is 25.5. The zero-order valence-electron chi connectivity index (χ0n) is 28.9. The molecule has 10 nitrogen and oxygen atoms in total. The molecule has 258 valence electrons. The van der Waals surface area contributed by atoms with Crippen molar-refractivity contribution in [2.45, 2.75) is 5.79 Å². The lowest BCUT2D eigenvalue weighted by atomic mass is 10.00. The zero-order chi connectivity index (χ0) is 35.7. The van der Waals surface area contributed by atoms with E-state index in [1.807, 2.05) is 126 Å². The Morgan fingerprint density at radius 3 is 1.50 bits per heavy atom. The van der Waals surface area contributed by atoms with E-state index in [4.69, 9.17) is 42.8 Å². The third-order valence-corrected chi connectivity index (χ3v) is 8.91. The van der Waals surface area contributed by atoms with Gasteiger partial charge < -0.3 is 27.8 Å². The van der Waals surface area contributed by atoms with Crippen molar-refractivity contribution >= 4 is 11.4 Å². The molecule has 0 spiro atoms. The highest BCUT2D eigenvalue weighted by Gasteiger charge is 2.47. The lowest BCUT2D eigenvalue weighted by Crippen LogP contribution is -2.31. The minimum Gasteiger partial charge on any atom is -0.497 e. The number of nitrogens with zero attached hydrogens (tertiary/aromatic N) is 4. The Morgan fingerprint density at radius 2 is 1.00 bits per heavy atom. The summed E-state index contributed by atoms with van der Waals surface area (Å²) in [5.41, 5.74) is 5.77. The minimum absolute atomic E-state index is 0.456. The van der Waals surface area contributed by atoms with Crippen LogP contribution in [-0.4, -0.2) is 49.4 Å². The predicted molar refractivity (Wildman–Crippen MR) is 199 cm³/mol. The fourth-order valence-corrected chi connectivity index (χ4v) is 6.48. The van der Waals surface area contributed by atoms with Crippen LogP contribution < -0.4 is 18.9 Å². The molecule has 0 N–H and O–H groups in total. The topological polar surface area (TPSA) is 106 Å². The standard InChI is InChI=1S/C42H34N4O6/c1-47-31-15-5-11-27(23-31)37-38(28-12-6-16-32(24-28)48-2)45-42(44-37,36-20-10-22-52-36)46-40(30-14-8-18-34(26-30)50-4)39(29-13-7-17-33(25-29)49-3)43-41(46)35-19-9-21-51-35/h5-26H,1-4H3. The molecule has 0 atom stereocenters. The number of furan rings is 2. The zero-order valence-corrected chi connectivity index (χ0v) is 28.9. The van der Waals surface area contributed by atoms with Crippen molar-refractivity contribution in [3.8, 4) is 57.1 Å². The van der Waals surface area contributed by atoms with E-state index < -0.39 is 5.79 Å². The Bertz CT molecular complexity index is 2360. The molecule has 0 bridgehead atoms. The monoisotopic (exact) mass is 690 g/mol. The summed E-state index contributed by atoms with van der Waals surface area (Å²) in [4.78, 5) is 16.5. The number of rotatable bonds is 11. The molecule has 4 aromatic carbocycles. The maximum atomic E-state index is 6.31. The highest BCUT2D eigenvalue weighted by atomic mass is 16.5. The van der Waals surface area contributed by atoms with E-state index >= 15 is 0 Å². The molecular formula is C42H34N4O6. The molecule has 0 saturated carbocycles. The fraction of sp³-hybridized carbons (Fsp3) is 0.119. The van der Waals surface area contributed by atoms with Crippen LogP contribution in [0.3, 0.4) is 0 Å². The fourth-order valence-electron chi connectivity index (χ4n) is 6.48. The van der Waals surface area contributed by atoms with Gasteiger partial charge in [-0.3, -0.25) is 4.57 Å². The smallest absolute Gasteiger partial charge is 0.295 e.